The van der Waals surface area contributed by atoms with E-state index in [1.165, 1.54) is 43.5 Å². The van der Waals surface area contributed by atoms with Crippen LogP contribution in [-0.2, 0) is 0 Å². The molecule has 98 valence electrons. The third-order valence-corrected chi connectivity index (χ3v) is 4.10. The summed E-state index contributed by atoms with van der Waals surface area (Å²) >= 11 is 0. The van der Waals surface area contributed by atoms with Crippen LogP contribution in [0, 0.1) is 6.92 Å². The van der Waals surface area contributed by atoms with Gasteiger partial charge in [0.05, 0.1) is 0 Å². The number of nitrogens with zero attached hydrogens (tertiary/aromatic N) is 2. The molecule has 2 fully saturated rings. The van der Waals surface area contributed by atoms with E-state index >= 15 is 0 Å². The highest BCUT2D eigenvalue weighted by Crippen LogP contribution is 2.26. The second-order valence-corrected chi connectivity index (χ2v) is 5.67. The van der Waals surface area contributed by atoms with Gasteiger partial charge < -0.3 is 10.2 Å². The van der Waals surface area contributed by atoms with Crippen LogP contribution in [-0.4, -0.2) is 30.2 Å². The average molecular weight is 245 g/mol. The van der Waals surface area contributed by atoms with E-state index in [0.29, 0.717) is 6.04 Å². The van der Waals surface area contributed by atoms with Crippen molar-refractivity contribution in [3.05, 3.63) is 23.9 Å². The van der Waals surface area contributed by atoms with Gasteiger partial charge in [0.2, 0.25) is 0 Å². The molecule has 2 heterocycles. The van der Waals surface area contributed by atoms with Crippen LogP contribution in [0.1, 0.15) is 37.7 Å². The Balaban J connectivity index is 1.71. The number of aryl methyl sites for hydroxylation is 1. The predicted molar refractivity (Wildman–Crippen MR) is 75.0 cm³/mol. The van der Waals surface area contributed by atoms with Crippen LogP contribution in [0.25, 0.3) is 0 Å². The van der Waals surface area contributed by atoms with Crippen LogP contribution in [0.5, 0.6) is 0 Å². The first-order chi connectivity index (χ1) is 8.84. The third kappa shape index (κ3) is 2.66. The molecule has 1 saturated carbocycles. The Morgan fingerprint density at radius 1 is 1.33 bits per heavy atom. The Hall–Kier alpha value is -1.09. The highest BCUT2D eigenvalue weighted by atomic mass is 15.2. The zero-order valence-electron chi connectivity index (χ0n) is 11.2. The number of hydrogen-bond acceptors (Lipinski definition) is 3. The molecule has 3 nitrogen and oxygen atoms in total. The largest absolute Gasteiger partial charge is 0.352 e. The molecule has 1 atom stereocenters. The smallest absolute Gasteiger partial charge is 0.131 e. The molecule has 1 N–H and O–H groups in total. The molecule has 0 amide bonds. The lowest BCUT2D eigenvalue weighted by atomic mass is 10.0. The molecule has 2 aliphatic rings. The first-order valence-electron chi connectivity index (χ1n) is 7.26. The van der Waals surface area contributed by atoms with Crippen molar-refractivity contribution in [2.75, 3.05) is 18.0 Å². The molecule has 1 saturated heterocycles. The van der Waals surface area contributed by atoms with Crippen molar-refractivity contribution in [1.82, 2.24) is 10.3 Å². The van der Waals surface area contributed by atoms with Gasteiger partial charge in [-0.05, 0) is 50.7 Å². The SMILES string of the molecule is Cc1cccnc1N1CCCCC1CNC1CC1. The van der Waals surface area contributed by atoms with Gasteiger partial charge in [-0.15, -0.1) is 0 Å². The van der Waals surface area contributed by atoms with Crippen molar-refractivity contribution >= 4 is 5.82 Å². The van der Waals surface area contributed by atoms with Gasteiger partial charge in [0.25, 0.3) is 0 Å². The zero-order chi connectivity index (χ0) is 12.4. The topological polar surface area (TPSA) is 28.2 Å². The van der Waals surface area contributed by atoms with Crippen LogP contribution in [0.2, 0.25) is 0 Å². The van der Waals surface area contributed by atoms with E-state index in [-0.39, 0.29) is 0 Å². The Morgan fingerprint density at radius 2 is 2.22 bits per heavy atom. The fourth-order valence-corrected chi connectivity index (χ4v) is 2.86. The lowest BCUT2D eigenvalue weighted by molar-refractivity contribution is 0.431. The molecule has 18 heavy (non-hydrogen) atoms. The summed E-state index contributed by atoms with van der Waals surface area (Å²) in [7, 11) is 0. The van der Waals surface area contributed by atoms with Crippen LogP contribution in [0.3, 0.4) is 0 Å². The minimum absolute atomic E-state index is 0.632. The van der Waals surface area contributed by atoms with Crippen LogP contribution in [0.15, 0.2) is 18.3 Å². The van der Waals surface area contributed by atoms with Crippen molar-refractivity contribution in [2.24, 2.45) is 0 Å². The van der Waals surface area contributed by atoms with E-state index < -0.39 is 0 Å². The van der Waals surface area contributed by atoms with Crippen LogP contribution in [0.4, 0.5) is 5.82 Å². The second kappa shape index (κ2) is 5.27. The number of anilines is 1. The second-order valence-electron chi connectivity index (χ2n) is 5.67. The number of piperidine rings is 1. The number of rotatable bonds is 4. The summed E-state index contributed by atoms with van der Waals surface area (Å²) in [6, 6.07) is 5.63. The van der Waals surface area contributed by atoms with Gasteiger partial charge in [0.15, 0.2) is 0 Å². The molecule has 1 aromatic heterocycles. The van der Waals surface area contributed by atoms with Crippen molar-refractivity contribution in [3.8, 4) is 0 Å². The maximum absolute atomic E-state index is 4.59. The molecule has 3 heteroatoms. The van der Waals surface area contributed by atoms with Crippen LogP contribution < -0.4 is 10.2 Å². The maximum Gasteiger partial charge on any atom is 0.131 e. The van der Waals surface area contributed by atoms with Gasteiger partial charge in [-0.2, -0.15) is 0 Å². The summed E-state index contributed by atoms with van der Waals surface area (Å²) in [6.07, 6.45) is 8.62. The highest BCUT2D eigenvalue weighted by molar-refractivity contribution is 5.47. The van der Waals surface area contributed by atoms with Gasteiger partial charge >= 0.3 is 0 Å². The van der Waals surface area contributed by atoms with Crippen molar-refractivity contribution in [3.63, 3.8) is 0 Å². The predicted octanol–water partition coefficient (Wildman–Crippen LogP) is 2.50. The van der Waals surface area contributed by atoms with E-state index in [4.69, 9.17) is 0 Å². The monoisotopic (exact) mass is 245 g/mol. The van der Waals surface area contributed by atoms with E-state index in [0.717, 1.165) is 19.1 Å². The van der Waals surface area contributed by atoms with E-state index in [1.54, 1.807) is 0 Å². The van der Waals surface area contributed by atoms with Crippen molar-refractivity contribution in [2.45, 2.75) is 51.1 Å². The molecule has 1 aliphatic heterocycles. The molecule has 3 rings (SSSR count). The van der Waals surface area contributed by atoms with E-state index in [1.807, 2.05) is 12.3 Å². The minimum Gasteiger partial charge on any atom is -0.352 e. The minimum atomic E-state index is 0.632. The molecule has 1 unspecified atom stereocenters. The maximum atomic E-state index is 4.59. The summed E-state index contributed by atoms with van der Waals surface area (Å²) in [6.45, 7) is 4.46. The Kier molecular flexibility index (Phi) is 3.50. The third-order valence-electron chi connectivity index (χ3n) is 4.10. The van der Waals surface area contributed by atoms with Crippen molar-refractivity contribution < 1.29 is 0 Å². The molecular formula is C15H23N3. The van der Waals surface area contributed by atoms with Gasteiger partial charge in [-0.1, -0.05) is 6.07 Å². The molecule has 0 aromatic carbocycles. The Bertz CT molecular complexity index is 400. The Labute approximate surface area is 110 Å². The molecule has 0 radical (unpaired) electrons. The Morgan fingerprint density at radius 3 is 3.00 bits per heavy atom. The zero-order valence-corrected chi connectivity index (χ0v) is 11.2. The first-order valence-corrected chi connectivity index (χ1v) is 7.26. The molecule has 0 spiro atoms. The molecule has 1 aliphatic carbocycles. The molecule has 1 aromatic rings. The summed E-state index contributed by atoms with van der Waals surface area (Å²) in [5, 5.41) is 3.68. The van der Waals surface area contributed by atoms with Gasteiger partial charge in [-0.25, -0.2) is 4.98 Å². The number of aromatic nitrogens is 1. The van der Waals surface area contributed by atoms with Gasteiger partial charge in [-0.3, -0.25) is 0 Å². The van der Waals surface area contributed by atoms with Crippen LogP contribution >= 0.6 is 0 Å². The standard InChI is InChI=1S/C15H23N3/c1-12-5-4-9-16-15(12)18-10-3-2-6-14(18)11-17-13-7-8-13/h4-5,9,13-14,17H,2-3,6-8,10-11H2,1H3. The van der Waals surface area contributed by atoms with Crippen molar-refractivity contribution in [1.29, 1.82) is 0 Å². The first kappa shape index (κ1) is 12.0. The van der Waals surface area contributed by atoms with Gasteiger partial charge in [0, 0.05) is 31.4 Å². The average Bonchev–Trinajstić information content (AvgIpc) is 3.22. The summed E-state index contributed by atoms with van der Waals surface area (Å²) in [4.78, 5) is 7.12. The summed E-state index contributed by atoms with van der Waals surface area (Å²) in [5.41, 5.74) is 1.30. The number of pyridine rings is 1. The van der Waals surface area contributed by atoms with E-state index in [2.05, 4.69) is 28.2 Å². The summed E-state index contributed by atoms with van der Waals surface area (Å²) < 4.78 is 0. The lowest BCUT2D eigenvalue weighted by Crippen LogP contribution is -2.46. The lowest BCUT2D eigenvalue weighted by Gasteiger charge is -2.37. The fraction of sp³-hybridized carbons (Fsp3) is 0.667. The van der Waals surface area contributed by atoms with Gasteiger partial charge in [0.1, 0.15) is 5.82 Å². The summed E-state index contributed by atoms with van der Waals surface area (Å²) in [5.74, 6) is 1.19. The fourth-order valence-electron chi connectivity index (χ4n) is 2.86. The molecular weight excluding hydrogens is 222 g/mol. The normalized spacial score (nSPS) is 24.3. The quantitative estimate of drug-likeness (QED) is 0.883. The van der Waals surface area contributed by atoms with E-state index in [9.17, 15) is 0 Å². The highest BCUT2D eigenvalue weighted by Gasteiger charge is 2.27. The number of hydrogen-bond donors (Lipinski definition) is 1. The number of nitrogens with one attached hydrogen (secondary N) is 1. The molecule has 0 bridgehead atoms.